The standard InChI is InChI=1S/C26H28N4O3S/c1-6-21(24(31)27-19-10-8-18(9-11-19)25(32)33-7-2)34-26-29-28-22-14-16(4)20-13-15(3)12-17(5)23(20)30(22)26/h8-14,21H,6-7H2,1-5H3,(H,27,31). The molecule has 4 rings (SSSR count). The largest absolute Gasteiger partial charge is 0.462 e. The van der Waals surface area contributed by atoms with Crippen molar-refractivity contribution in [1.29, 1.82) is 0 Å². The highest BCUT2D eigenvalue weighted by molar-refractivity contribution is 8.00. The van der Waals surface area contributed by atoms with Crippen LogP contribution in [0.15, 0.2) is 47.6 Å². The van der Waals surface area contributed by atoms with Crippen molar-refractivity contribution in [2.45, 2.75) is 51.4 Å². The Balaban J connectivity index is 1.60. The van der Waals surface area contributed by atoms with Crippen LogP contribution >= 0.6 is 11.8 Å². The second-order valence-electron chi connectivity index (χ2n) is 8.28. The van der Waals surface area contributed by atoms with Crippen molar-refractivity contribution in [1.82, 2.24) is 14.6 Å². The van der Waals surface area contributed by atoms with Crippen LogP contribution in [0.3, 0.4) is 0 Å². The van der Waals surface area contributed by atoms with Gasteiger partial charge in [0.25, 0.3) is 0 Å². The molecule has 1 N–H and O–H groups in total. The summed E-state index contributed by atoms with van der Waals surface area (Å²) >= 11 is 1.40. The van der Waals surface area contributed by atoms with Crippen molar-refractivity contribution < 1.29 is 14.3 Å². The molecule has 2 heterocycles. The Hall–Kier alpha value is -3.39. The van der Waals surface area contributed by atoms with Gasteiger partial charge < -0.3 is 10.1 Å². The number of hydrogen-bond acceptors (Lipinski definition) is 6. The van der Waals surface area contributed by atoms with Gasteiger partial charge in [-0.05, 0) is 81.6 Å². The van der Waals surface area contributed by atoms with Crippen LogP contribution in [0.4, 0.5) is 5.69 Å². The van der Waals surface area contributed by atoms with Crippen LogP contribution in [0.2, 0.25) is 0 Å². The van der Waals surface area contributed by atoms with Crippen molar-refractivity contribution in [3.05, 3.63) is 64.7 Å². The number of hydrogen-bond donors (Lipinski definition) is 1. The zero-order valence-corrected chi connectivity index (χ0v) is 20.8. The van der Waals surface area contributed by atoms with E-state index in [0.29, 0.717) is 29.4 Å². The highest BCUT2D eigenvalue weighted by atomic mass is 32.2. The molecule has 7 nitrogen and oxygen atoms in total. The Morgan fingerprint density at radius 2 is 1.76 bits per heavy atom. The molecule has 1 atom stereocenters. The van der Waals surface area contributed by atoms with Crippen LogP contribution in [0.25, 0.3) is 16.6 Å². The maximum Gasteiger partial charge on any atom is 0.338 e. The molecule has 0 radical (unpaired) electrons. The summed E-state index contributed by atoms with van der Waals surface area (Å²) in [6, 6.07) is 13.1. The molecule has 0 fully saturated rings. The molecule has 34 heavy (non-hydrogen) atoms. The second kappa shape index (κ2) is 9.85. The number of rotatable bonds is 7. The van der Waals surface area contributed by atoms with E-state index in [-0.39, 0.29) is 17.1 Å². The first-order chi connectivity index (χ1) is 16.3. The maximum atomic E-state index is 13.1. The predicted octanol–water partition coefficient (Wildman–Crippen LogP) is 5.49. The summed E-state index contributed by atoms with van der Waals surface area (Å²) in [5, 5.41) is 13.2. The van der Waals surface area contributed by atoms with E-state index in [9.17, 15) is 9.59 Å². The number of carbonyl (C=O) groups is 2. The van der Waals surface area contributed by atoms with E-state index >= 15 is 0 Å². The number of benzene rings is 2. The van der Waals surface area contributed by atoms with Crippen LogP contribution in [-0.4, -0.2) is 38.3 Å². The highest BCUT2D eigenvalue weighted by Gasteiger charge is 2.23. The van der Waals surface area contributed by atoms with Gasteiger partial charge in [0.1, 0.15) is 0 Å². The minimum Gasteiger partial charge on any atom is -0.462 e. The minimum atomic E-state index is -0.381. The maximum absolute atomic E-state index is 13.1. The number of nitrogens with zero attached hydrogens (tertiary/aromatic N) is 3. The van der Waals surface area contributed by atoms with E-state index in [2.05, 4.69) is 48.4 Å². The number of anilines is 1. The van der Waals surface area contributed by atoms with Crippen molar-refractivity contribution in [2.75, 3.05) is 11.9 Å². The van der Waals surface area contributed by atoms with Gasteiger partial charge in [0.15, 0.2) is 10.8 Å². The molecule has 0 aliphatic heterocycles. The average molecular weight is 477 g/mol. The zero-order chi connectivity index (χ0) is 24.4. The molecule has 176 valence electrons. The lowest BCUT2D eigenvalue weighted by Gasteiger charge is -2.15. The Morgan fingerprint density at radius 1 is 1.03 bits per heavy atom. The van der Waals surface area contributed by atoms with Crippen LogP contribution in [0, 0.1) is 20.8 Å². The van der Waals surface area contributed by atoms with E-state index in [0.717, 1.165) is 27.7 Å². The van der Waals surface area contributed by atoms with Gasteiger partial charge >= 0.3 is 5.97 Å². The molecule has 0 saturated heterocycles. The topological polar surface area (TPSA) is 85.6 Å². The zero-order valence-electron chi connectivity index (χ0n) is 20.0. The fourth-order valence-corrected chi connectivity index (χ4v) is 5.03. The van der Waals surface area contributed by atoms with Gasteiger partial charge in [0.05, 0.1) is 22.9 Å². The molecule has 4 aromatic rings. The summed E-state index contributed by atoms with van der Waals surface area (Å²) in [4.78, 5) is 24.9. The molecule has 0 aliphatic rings. The third-order valence-corrected chi connectivity index (χ3v) is 6.98. The summed E-state index contributed by atoms with van der Waals surface area (Å²) in [7, 11) is 0. The molecule has 0 spiro atoms. The molecule has 1 amide bonds. The number of nitrogens with one attached hydrogen (secondary N) is 1. The molecule has 0 bridgehead atoms. The number of ether oxygens (including phenoxy) is 1. The number of esters is 1. The molecular formula is C26H28N4O3S. The number of carbonyl (C=O) groups excluding carboxylic acids is 2. The average Bonchev–Trinajstić information content (AvgIpc) is 3.19. The molecule has 8 heteroatoms. The number of fused-ring (bicyclic) bond motifs is 3. The fraction of sp³-hybridized carbons (Fsp3) is 0.308. The van der Waals surface area contributed by atoms with Gasteiger partial charge in [0, 0.05) is 11.1 Å². The molecule has 2 aromatic heterocycles. The van der Waals surface area contributed by atoms with E-state index < -0.39 is 0 Å². The Bertz CT molecular complexity index is 1380. The number of pyridine rings is 1. The normalized spacial score (nSPS) is 12.1. The van der Waals surface area contributed by atoms with Crippen molar-refractivity contribution in [3.8, 4) is 0 Å². The van der Waals surface area contributed by atoms with Gasteiger partial charge in [-0.3, -0.25) is 9.20 Å². The van der Waals surface area contributed by atoms with E-state index in [1.54, 1.807) is 31.2 Å². The van der Waals surface area contributed by atoms with Crippen LogP contribution in [-0.2, 0) is 9.53 Å². The van der Waals surface area contributed by atoms with Crippen LogP contribution in [0.5, 0.6) is 0 Å². The first-order valence-electron chi connectivity index (χ1n) is 11.3. The van der Waals surface area contributed by atoms with Gasteiger partial charge in [-0.1, -0.05) is 30.3 Å². The molecule has 0 saturated carbocycles. The van der Waals surface area contributed by atoms with Gasteiger partial charge in [0.2, 0.25) is 5.91 Å². The smallest absolute Gasteiger partial charge is 0.338 e. The lowest BCUT2D eigenvalue weighted by Crippen LogP contribution is -2.25. The summed E-state index contributed by atoms with van der Waals surface area (Å²) in [6.07, 6.45) is 0.619. The van der Waals surface area contributed by atoms with E-state index in [1.165, 1.54) is 17.3 Å². The van der Waals surface area contributed by atoms with Crippen molar-refractivity contribution >= 4 is 45.9 Å². The molecule has 1 unspecified atom stereocenters. The molecular weight excluding hydrogens is 448 g/mol. The van der Waals surface area contributed by atoms with Gasteiger partial charge in [-0.2, -0.15) is 0 Å². The van der Waals surface area contributed by atoms with Crippen molar-refractivity contribution in [2.24, 2.45) is 0 Å². The minimum absolute atomic E-state index is 0.128. The third kappa shape index (κ3) is 4.63. The van der Waals surface area contributed by atoms with E-state index in [4.69, 9.17) is 4.74 Å². The van der Waals surface area contributed by atoms with Crippen LogP contribution < -0.4 is 5.32 Å². The Kier molecular flexibility index (Phi) is 6.88. The lowest BCUT2D eigenvalue weighted by atomic mass is 10.0. The SMILES string of the molecule is CCOC(=O)c1ccc(NC(=O)C(CC)Sc2nnc3cc(C)c4cc(C)cc(C)c4n23)cc1. The fourth-order valence-electron chi connectivity index (χ4n) is 4.07. The monoisotopic (exact) mass is 476 g/mol. The van der Waals surface area contributed by atoms with E-state index in [1.807, 2.05) is 17.4 Å². The summed E-state index contributed by atoms with van der Waals surface area (Å²) in [5.74, 6) is -0.508. The third-order valence-electron chi connectivity index (χ3n) is 5.67. The summed E-state index contributed by atoms with van der Waals surface area (Å²) in [5.41, 5.74) is 6.40. The Labute approximate surface area is 202 Å². The van der Waals surface area contributed by atoms with Gasteiger partial charge in [-0.25, -0.2) is 4.79 Å². The predicted molar refractivity (Wildman–Crippen MR) is 136 cm³/mol. The number of aromatic nitrogens is 3. The first kappa shape index (κ1) is 23.8. The quantitative estimate of drug-likeness (QED) is 0.280. The Morgan fingerprint density at radius 3 is 2.44 bits per heavy atom. The number of amides is 1. The first-order valence-corrected chi connectivity index (χ1v) is 12.2. The second-order valence-corrected chi connectivity index (χ2v) is 9.45. The molecule has 2 aromatic carbocycles. The molecule has 0 aliphatic carbocycles. The van der Waals surface area contributed by atoms with Crippen molar-refractivity contribution in [3.63, 3.8) is 0 Å². The number of thioether (sulfide) groups is 1. The number of aryl methyl sites for hydroxylation is 3. The highest BCUT2D eigenvalue weighted by Crippen LogP contribution is 2.31. The van der Waals surface area contributed by atoms with Crippen LogP contribution in [0.1, 0.15) is 47.3 Å². The van der Waals surface area contributed by atoms with Gasteiger partial charge in [-0.15, -0.1) is 10.2 Å². The summed E-state index contributed by atoms with van der Waals surface area (Å²) < 4.78 is 7.05. The summed E-state index contributed by atoms with van der Waals surface area (Å²) in [6.45, 7) is 10.3. The lowest BCUT2D eigenvalue weighted by molar-refractivity contribution is -0.115.